The van der Waals surface area contributed by atoms with E-state index in [1.165, 1.54) is 145 Å². The number of carbonyl (C=O) groups excluding carboxylic acids is 1. The van der Waals surface area contributed by atoms with E-state index in [1.807, 2.05) is 0 Å². The second-order valence-corrected chi connectivity index (χ2v) is 12.0. The van der Waals surface area contributed by atoms with Crippen molar-refractivity contribution in [2.24, 2.45) is 5.92 Å². The van der Waals surface area contributed by atoms with Crippen LogP contribution in [0.15, 0.2) is 22.3 Å². The average molecular weight is 459 g/mol. The van der Waals surface area contributed by atoms with Gasteiger partial charge in [-0.05, 0) is 37.9 Å². The number of hydrogen-bond donors (Lipinski definition) is 0. The molecular formula is C30H47B2NO. The summed E-state index contributed by atoms with van der Waals surface area (Å²) in [5, 5.41) is 0. The molecule has 3 atom stereocenters. The molecule has 1 saturated carbocycles. The van der Waals surface area contributed by atoms with Crippen LogP contribution in [0.4, 0.5) is 0 Å². The topological polar surface area (TPSA) is 20.3 Å². The predicted octanol–water partition coefficient (Wildman–Crippen LogP) is 8.49. The molecular weight excluding hydrogens is 412 g/mol. The highest BCUT2D eigenvalue weighted by molar-refractivity contribution is 6.55. The van der Waals surface area contributed by atoms with Crippen molar-refractivity contribution in [2.75, 3.05) is 0 Å². The fourth-order valence-corrected chi connectivity index (χ4v) is 7.69. The van der Waals surface area contributed by atoms with Gasteiger partial charge in [0.2, 0.25) is 5.91 Å². The lowest BCUT2D eigenvalue weighted by atomic mass is 9.46. The average Bonchev–Trinajstić information content (AvgIpc) is 2.90. The molecule has 3 aliphatic carbocycles. The van der Waals surface area contributed by atoms with Crippen molar-refractivity contribution in [3.8, 4) is 0 Å². The molecule has 2 radical (unpaired) electrons. The van der Waals surface area contributed by atoms with Crippen molar-refractivity contribution >= 4 is 20.5 Å². The lowest BCUT2D eigenvalue weighted by molar-refractivity contribution is -0.132. The Labute approximate surface area is 211 Å². The predicted molar refractivity (Wildman–Crippen MR) is 145 cm³/mol. The largest absolute Gasteiger partial charge is 0.291 e. The van der Waals surface area contributed by atoms with E-state index in [-0.39, 0.29) is 5.92 Å². The molecule has 0 aromatic carbocycles. The van der Waals surface area contributed by atoms with Crippen LogP contribution in [0.1, 0.15) is 141 Å². The highest BCUT2D eigenvalue weighted by Crippen LogP contribution is 2.49. The van der Waals surface area contributed by atoms with E-state index in [0.717, 1.165) is 12.8 Å². The Morgan fingerprint density at radius 1 is 0.588 bits per heavy atom. The van der Waals surface area contributed by atoms with Crippen LogP contribution in [0.3, 0.4) is 0 Å². The normalized spacial score (nSPS) is 32.4. The fourth-order valence-electron chi connectivity index (χ4n) is 7.69. The Morgan fingerprint density at radius 3 is 1.88 bits per heavy atom. The van der Waals surface area contributed by atoms with Crippen LogP contribution in [0.5, 0.6) is 0 Å². The molecule has 2 fully saturated rings. The number of rotatable bonds is 0. The van der Waals surface area contributed by atoms with Gasteiger partial charge >= 0.3 is 0 Å². The van der Waals surface area contributed by atoms with Gasteiger partial charge in [0.05, 0.1) is 0 Å². The van der Waals surface area contributed by atoms with Crippen molar-refractivity contribution in [1.29, 1.82) is 0 Å². The van der Waals surface area contributed by atoms with Gasteiger partial charge in [0.15, 0.2) is 7.28 Å². The first-order valence-electron chi connectivity index (χ1n) is 15.3. The van der Waals surface area contributed by atoms with E-state index in [4.69, 9.17) is 0 Å². The summed E-state index contributed by atoms with van der Waals surface area (Å²) in [4.78, 5) is 17.0. The Hall–Kier alpha value is -0.920. The summed E-state index contributed by atoms with van der Waals surface area (Å²) in [6.45, 7) is 0. The van der Waals surface area contributed by atoms with Crippen molar-refractivity contribution in [3.05, 3.63) is 22.3 Å². The van der Waals surface area contributed by atoms with E-state index in [2.05, 4.69) is 19.5 Å². The standard InChI is InChI=1S/C30H47B2NO/c34-30-23-17-11-5-3-7-12-18-24(23)31-26-20-14-8-4-9-15-21-27-29(26)33(30)28-22-16-10-2-1-6-13-19-25(28)32-27/h23-24,26H,1-22H2. The number of fused-ring (bicyclic) bond motifs is 2. The van der Waals surface area contributed by atoms with Crippen LogP contribution in [0, 0.1) is 5.92 Å². The molecule has 2 heterocycles. The summed E-state index contributed by atoms with van der Waals surface area (Å²) in [5.41, 5.74) is 5.96. The minimum Gasteiger partial charge on any atom is -0.291 e. The first-order valence-corrected chi connectivity index (χ1v) is 15.3. The van der Waals surface area contributed by atoms with Crippen LogP contribution in [0.2, 0.25) is 11.6 Å². The summed E-state index contributed by atoms with van der Waals surface area (Å²) < 4.78 is 0. The summed E-state index contributed by atoms with van der Waals surface area (Å²) in [6.07, 6.45) is 28.3. The molecule has 5 aliphatic rings. The van der Waals surface area contributed by atoms with Crippen molar-refractivity contribution in [2.45, 2.75) is 153 Å². The molecule has 3 unspecified atom stereocenters. The molecule has 184 valence electrons. The molecule has 0 aromatic heterocycles. The molecule has 0 bridgehead atoms. The summed E-state index contributed by atoms with van der Waals surface area (Å²) in [5.74, 6) is 1.68. The lowest BCUT2D eigenvalue weighted by Crippen LogP contribution is -2.40. The van der Waals surface area contributed by atoms with E-state index in [9.17, 15) is 4.79 Å². The molecule has 34 heavy (non-hydrogen) atoms. The first-order chi connectivity index (χ1) is 16.8. The quantitative estimate of drug-likeness (QED) is 0.333. The number of amides is 1. The third-order valence-corrected chi connectivity index (χ3v) is 9.57. The molecule has 5 rings (SSSR count). The van der Waals surface area contributed by atoms with Gasteiger partial charge in [-0.25, -0.2) is 0 Å². The molecule has 0 N–H and O–H groups in total. The Morgan fingerprint density at radius 2 is 1.15 bits per heavy atom. The molecule has 2 nitrogen and oxygen atoms in total. The molecule has 4 heteroatoms. The minimum atomic E-state index is 0.215. The zero-order valence-electron chi connectivity index (χ0n) is 21.8. The summed E-state index contributed by atoms with van der Waals surface area (Å²) >= 11 is 0. The molecule has 0 spiro atoms. The zero-order chi connectivity index (χ0) is 23.2. The minimum absolute atomic E-state index is 0.215. The van der Waals surface area contributed by atoms with Crippen LogP contribution in [-0.2, 0) is 4.79 Å². The smallest absolute Gasteiger partial charge is 0.233 e. The van der Waals surface area contributed by atoms with Crippen LogP contribution in [-0.4, -0.2) is 25.4 Å². The van der Waals surface area contributed by atoms with Gasteiger partial charge in [0.1, 0.15) is 7.28 Å². The number of allylic oxidation sites excluding steroid dienone is 4. The van der Waals surface area contributed by atoms with Gasteiger partial charge in [-0.2, -0.15) is 0 Å². The lowest BCUT2D eigenvalue weighted by Gasteiger charge is -2.40. The Kier molecular flexibility index (Phi) is 9.00. The highest BCUT2D eigenvalue weighted by atomic mass is 16.2. The maximum absolute atomic E-state index is 14.6. The van der Waals surface area contributed by atoms with Crippen LogP contribution >= 0.6 is 0 Å². The maximum atomic E-state index is 14.6. The van der Waals surface area contributed by atoms with E-state index in [0.29, 0.717) is 17.5 Å². The van der Waals surface area contributed by atoms with E-state index < -0.39 is 0 Å². The monoisotopic (exact) mass is 459 g/mol. The molecule has 0 aromatic rings. The molecule has 2 aliphatic heterocycles. The van der Waals surface area contributed by atoms with Gasteiger partial charge in [0.25, 0.3) is 0 Å². The van der Waals surface area contributed by atoms with Crippen LogP contribution < -0.4 is 0 Å². The second kappa shape index (κ2) is 12.4. The summed E-state index contributed by atoms with van der Waals surface area (Å²) in [6, 6.07) is 0. The van der Waals surface area contributed by atoms with Crippen molar-refractivity contribution < 1.29 is 4.79 Å². The Bertz CT molecular complexity index is 772. The maximum Gasteiger partial charge on any atom is 0.233 e. The number of nitrogens with zero attached hydrogens (tertiary/aromatic N) is 1. The fraction of sp³-hybridized carbons (Fsp3) is 0.833. The molecule has 1 saturated heterocycles. The van der Waals surface area contributed by atoms with Gasteiger partial charge < -0.3 is 0 Å². The first kappa shape index (κ1) is 24.8. The van der Waals surface area contributed by atoms with Crippen molar-refractivity contribution in [1.82, 2.24) is 4.90 Å². The zero-order valence-corrected chi connectivity index (χ0v) is 21.8. The van der Waals surface area contributed by atoms with E-state index in [1.54, 1.807) is 5.47 Å². The number of carbonyl (C=O) groups is 1. The summed E-state index contributed by atoms with van der Waals surface area (Å²) in [7, 11) is 5.33. The Balaban J connectivity index is 1.57. The van der Waals surface area contributed by atoms with E-state index >= 15 is 0 Å². The second-order valence-electron chi connectivity index (χ2n) is 12.0. The van der Waals surface area contributed by atoms with Gasteiger partial charge in [-0.3, -0.25) is 9.69 Å². The van der Waals surface area contributed by atoms with Gasteiger partial charge in [-0.1, -0.05) is 126 Å². The third-order valence-electron chi connectivity index (χ3n) is 9.57. The van der Waals surface area contributed by atoms with Crippen molar-refractivity contribution in [3.63, 3.8) is 0 Å². The SMILES string of the molecule is O=C1C2CCCCCCCC2[B]C2CCCCCCCC3=C2N1C1=C([B]3)CCCCCCCC1. The van der Waals surface area contributed by atoms with Gasteiger partial charge in [0, 0.05) is 17.3 Å². The number of hydrogen-bond acceptors (Lipinski definition) is 1. The highest BCUT2D eigenvalue weighted by Gasteiger charge is 2.44. The van der Waals surface area contributed by atoms with Gasteiger partial charge in [-0.15, -0.1) is 0 Å². The van der Waals surface area contributed by atoms with Crippen LogP contribution in [0.25, 0.3) is 0 Å². The molecule has 1 amide bonds. The third kappa shape index (κ3) is 5.73.